The summed E-state index contributed by atoms with van der Waals surface area (Å²) in [6, 6.07) is 0. The van der Waals surface area contributed by atoms with Crippen LogP contribution in [0.5, 0.6) is 0 Å². The lowest BCUT2D eigenvalue weighted by molar-refractivity contribution is -0.124. The summed E-state index contributed by atoms with van der Waals surface area (Å²) in [5, 5.41) is 0. The molecule has 0 radical (unpaired) electrons. The van der Waals surface area contributed by atoms with Crippen LogP contribution in [-0.2, 0) is 4.79 Å². The van der Waals surface area contributed by atoms with Crippen LogP contribution in [0.2, 0.25) is 0 Å². The van der Waals surface area contributed by atoms with E-state index in [-0.39, 0.29) is 5.41 Å². The minimum Gasteiger partial charge on any atom is -0.299 e. The molecule has 1 heteroatoms. The highest BCUT2D eigenvalue weighted by Crippen LogP contribution is 2.38. The van der Waals surface area contributed by atoms with Crippen molar-refractivity contribution >= 4 is 5.78 Å². The van der Waals surface area contributed by atoms with Crippen molar-refractivity contribution in [2.24, 2.45) is 11.3 Å². The van der Waals surface area contributed by atoms with Gasteiger partial charge in [-0.15, -0.1) is 0 Å². The zero-order valence-corrected chi connectivity index (χ0v) is 7.11. The molecule has 10 heavy (non-hydrogen) atoms. The van der Waals surface area contributed by atoms with Crippen LogP contribution in [0, 0.1) is 11.3 Å². The molecule has 1 atom stereocenters. The van der Waals surface area contributed by atoms with E-state index >= 15 is 0 Å². The summed E-state index contributed by atoms with van der Waals surface area (Å²) in [5.41, 5.74) is -0.0132. The Kier molecular flexibility index (Phi) is 1.84. The van der Waals surface area contributed by atoms with Gasteiger partial charge in [-0.05, 0) is 12.3 Å². The lowest BCUT2D eigenvalue weighted by atomic mass is 9.89. The second-order valence-corrected chi connectivity index (χ2v) is 3.99. The van der Waals surface area contributed by atoms with Crippen molar-refractivity contribution in [3.63, 3.8) is 0 Å². The van der Waals surface area contributed by atoms with Crippen LogP contribution in [0.25, 0.3) is 0 Å². The summed E-state index contributed by atoms with van der Waals surface area (Å²) in [6.45, 7) is 6.29. The molecule has 0 N–H and O–H groups in total. The maximum absolute atomic E-state index is 11.3. The van der Waals surface area contributed by atoms with Gasteiger partial charge < -0.3 is 0 Å². The fraction of sp³-hybridized carbons (Fsp3) is 0.889. The molecular weight excluding hydrogens is 124 g/mol. The SMILES string of the molecule is CC[C@H]1CC(=O)C(C)(C)C1. The second kappa shape index (κ2) is 2.37. The number of rotatable bonds is 1. The van der Waals surface area contributed by atoms with E-state index in [1.165, 1.54) is 0 Å². The van der Waals surface area contributed by atoms with Crippen molar-refractivity contribution in [1.29, 1.82) is 0 Å². The van der Waals surface area contributed by atoms with E-state index < -0.39 is 0 Å². The smallest absolute Gasteiger partial charge is 0.138 e. The molecule has 0 heterocycles. The number of carbonyl (C=O) groups excluding carboxylic acids is 1. The largest absolute Gasteiger partial charge is 0.299 e. The van der Waals surface area contributed by atoms with Gasteiger partial charge in [-0.3, -0.25) is 4.79 Å². The molecule has 0 amide bonds. The Labute approximate surface area is 62.8 Å². The van der Waals surface area contributed by atoms with Gasteiger partial charge in [0.2, 0.25) is 0 Å². The Morgan fingerprint density at radius 1 is 1.60 bits per heavy atom. The van der Waals surface area contributed by atoms with E-state index in [0.29, 0.717) is 11.7 Å². The predicted molar refractivity (Wildman–Crippen MR) is 41.8 cm³/mol. The van der Waals surface area contributed by atoms with E-state index in [0.717, 1.165) is 19.3 Å². The van der Waals surface area contributed by atoms with Gasteiger partial charge in [-0.25, -0.2) is 0 Å². The van der Waals surface area contributed by atoms with Gasteiger partial charge in [0.05, 0.1) is 0 Å². The van der Waals surface area contributed by atoms with E-state index in [4.69, 9.17) is 0 Å². The number of ketones is 1. The fourth-order valence-corrected chi connectivity index (χ4v) is 1.73. The molecule has 1 aliphatic rings. The van der Waals surface area contributed by atoms with Crippen LogP contribution in [0.15, 0.2) is 0 Å². The Bertz CT molecular complexity index is 147. The lowest BCUT2D eigenvalue weighted by Gasteiger charge is -2.14. The monoisotopic (exact) mass is 140 g/mol. The first-order chi connectivity index (χ1) is 4.56. The van der Waals surface area contributed by atoms with Gasteiger partial charge >= 0.3 is 0 Å². The highest BCUT2D eigenvalue weighted by Gasteiger charge is 2.37. The average Bonchev–Trinajstić information content (AvgIpc) is 2.08. The average molecular weight is 140 g/mol. The van der Waals surface area contributed by atoms with E-state index in [1.807, 2.05) is 0 Å². The maximum atomic E-state index is 11.3. The van der Waals surface area contributed by atoms with Crippen LogP contribution in [0.3, 0.4) is 0 Å². The van der Waals surface area contributed by atoms with Gasteiger partial charge in [0.1, 0.15) is 5.78 Å². The van der Waals surface area contributed by atoms with Crippen molar-refractivity contribution in [2.45, 2.75) is 40.0 Å². The van der Waals surface area contributed by atoms with Crippen LogP contribution < -0.4 is 0 Å². The molecule has 0 unspecified atom stereocenters. The fourth-order valence-electron chi connectivity index (χ4n) is 1.73. The van der Waals surface area contributed by atoms with Crippen LogP contribution in [0.4, 0.5) is 0 Å². The zero-order chi connectivity index (χ0) is 7.78. The summed E-state index contributed by atoms with van der Waals surface area (Å²) in [7, 11) is 0. The first-order valence-electron chi connectivity index (χ1n) is 4.09. The first kappa shape index (κ1) is 7.77. The van der Waals surface area contributed by atoms with Gasteiger partial charge in [0.25, 0.3) is 0 Å². The number of carbonyl (C=O) groups is 1. The molecule has 0 aromatic heterocycles. The van der Waals surface area contributed by atoms with Gasteiger partial charge in [0, 0.05) is 11.8 Å². The summed E-state index contributed by atoms with van der Waals surface area (Å²) in [5.74, 6) is 1.13. The quantitative estimate of drug-likeness (QED) is 0.546. The number of hydrogen-bond acceptors (Lipinski definition) is 1. The standard InChI is InChI=1S/C9H16O/c1-4-7-5-8(10)9(2,3)6-7/h7H,4-6H2,1-3H3/t7-/m0/s1. The molecule has 0 aromatic carbocycles. The Morgan fingerprint density at radius 3 is 2.40 bits per heavy atom. The Balaban J connectivity index is 2.62. The summed E-state index contributed by atoms with van der Waals surface area (Å²) < 4.78 is 0. The van der Waals surface area contributed by atoms with Crippen molar-refractivity contribution < 1.29 is 4.79 Å². The topological polar surface area (TPSA) is 17.1 Å². The van der Waals surface area contributed by atoms with Crippen LogP contribution in [0.1, 0.15) is 40.0 Å². The Hall–Kier alpha value is -0.330. The first-order valence-corrected chi connectivity index (χ1v) is 4.09. The predicted octanol–water partition coefficient (Wildman–Crippen LogP) is 2.40. The molecular formula is C9H16O. The molecule has 1 saturated carbocycles. The van der Waals surface area contributed by atoms with Crippen molar-refractivity contribution in [1.82, 2.24) is 0 Å². The summed E-state index contributed by atoms with van der Waals surface area (Å²) in [4.78, 5) is 11.3. The number of Topliss-reactive ketones (excluding diaryl/α,β-unsaturated/α-hetero) is 1. The Morgan fingerprint density at radius 2 is 2.20 bits per heavy atom. The van der Waals surface area contributed by atoms with Crippen LogP contribution >= 0.6 is 0 Å². The maximum Gasteiger partial charge on any atom is 0.138 e. The van der Waals surface area contributed by atoms with E-state index in [1.54, 1.807) is 0 Å². The van der Waals surface area contributed by atoms with Gasteiger partial charge in [0.15, 0.2) is 0 Å². The van der Waals surface area contributed by atoms with Gasteiger partial charge in [-0.1, -0.05) is 27.2 Å². The van der Waals surface area contributed by atoms with Crippen LogP contribution in [-0.4, -0.2) is 5.78 Å². The van der Waals surface area contributed by atoms with Crippen molar-refractivity contribution in [3.05, 3.63) is 0 Å². The second-order valence-electron chi connectivity index (χ2n) is 3.99. The molecule has 0 aromatic rings. The zero-order valence-electron chi connectivity index (χ0n) is 7.11. The highest BCUT2D eigenvalue weighted by molar-refractivity contribution is 5.86. The third kappa shape index (κ3) is 1.23. The normalized spacial score (nSPS) is 31.1. The third-order valence-corrected chi connectivity index (χ3v) is 2.61. The molecule has 1 nitrogen and oxygen atoms in total. The highest BCUT2D eigenvalue weighted by atomic mass is 16.1. The van der Waals surface area contributed by atoms with Gasteiger partial charge in [-0.2, -0.15) is 0 Å². The minimum absolute atomic E-state index is 0.0132. The molecule has 0 spiro atoms. The molecule has 1 fully saturated rings. The number of hydrogen-bond donors (Lipinski definition) is 0. The van der Waals surface area contributed by atoms with Crippen molar-refractivity contribution in [3.8, 4) is 0 Å². The molecule has 58 valence electrons. The molecule has 0 aliphatic heterocycles. The summed E-state index contributed by atoms with van der Waals surface area (Å²) >= 11 is 0. The molecule has 1 rings (SSSR count). The van der Waals surface area contributed by atoms with E-state index in [9.17, 15) is 4.79 Å². The minimum atomic E-state index is -0.0132. The molecule has 1 aliphatic carbocycles. The molecule has 0 bridgehead atoms. The summed E-state index contributed by atoms with van der Waals surface area (Å²) in [6.07, 6.45) is 3.08. The lowest BCUT2D eigenvalue weighted by Crippen LogP contribution is -2.15. The third-order valence-electron chi connectivity index (χ3n) is 2.61. The van der Waals surface area contributed by atoms with E-state index in [2.05, 4.69) is 20.8 Å². The molecule has 0 saturated heterocycles. The van der Waals surface area contributed by atoms with Crippen molar-refractivity contribution in [2.75, 3.05) is 0 Å².